The molecule has 1 aromatic carbocycles. The van der Waals surface area contributed by atoms with E-state index in [-0.39, 0.29) is 5.43 Å². The summed E-state index contributed by atoms with van der Waals surface area (Å²) in [5, 5.41) is 0.652. The number of hydrogen-bond donors (Lipinski definition) is 2. The Labute approximate surface area is 87.9 Å². The van der Waals surface area contributed by atoms with Crippen LogP contribution in [-0.4, -0.2) is 4.98 Å². The summed E-state index contributed by atoms with van der Waals surface area (Å²) >= 11 is 0. The highest BCUT2D eigenvalue weighted by molar-refractivity contribution is 5.81. The molecule has 0 saturated heterocycles. The second kappa shape index (κ2) is 3.42. The van der Waals surface area contributed by atoms with Gasteiger partial charge in [-0.3, -0.25) is 4.79 Å². The molecule has 0 amide bonds. The minimum atomic E-state index is 0.0275. The van der Waals surface area contributed by atoms with E-state index >= 15 is 0 Å². The smallest absolute Gasteiger partial charge is 0.189 e. The third kappa shape index (κ3) is 1.73. The molecule has 0 spiro atoms. The molecule has 3 nitrogen and oxygen atoms in total. The molecule has 0 aliphatic carbocycles. The molecule has 15 heavy (non-hydrogen) atoms. The van der Waals surface area contributed by atoms with E-state index in [2.05, 4.69) is 18.8 Å². The summed E-state index contributed by atoms with van der Waals surface area (Å²) in [7, 11) is 0. The van der Waals surface area contributed by atoms with Gasteiger partial charge in [0, 0.05) is 28.4 Å². The molecular formula is C12H14N2O. The number of nitrogen functional groups attached to an aromatic ring is 1. The Morgan fingerprint density at radius 2 is 2.00 bits per heavy atom. The van der Waals surface area contributed by atoms with Crippen LogP contribution >= 0.6 is 0 Å². The molecule has 1 aromatic heterocycles. The van der Waals surface area contributed by atoms with Crippen molar-refractivity contribution in [3.63, 3.8) is 0 Å². The van der Waals surface area contributed by atoms with Gasteiger partial charge in [-0.15, -0.1) is 0 Å². The third-order valence-corrected chi connectivity index (χ3v) is 2.50. The van der Waals surface area contributed by atoms with Crippen LogP contribution in [0.15, 0.2) is 29.1 Å². The molecule has 0 atom stereocenters. The van der Waals surface area contributed by atoms with Gasteiger partial charge in [-0.2, -0.15) is 0 Å². The lowest BCUT2D eigenvalue weighted by Crippen LogP contribution is -2.06. The monoisotopic (exact) mass is 202 g/mol. The van der Waals surface area contributed by atoms with E-state index in [0.29, 0.717) is 17.0 Å². The predicted molar refractivity (Wildman–Crippen MR) is 63.1 cm³/mol. The first-order valence-corrected chi connectivity index (χ1v) is 5.00. The van der Waals surface area contributed by atoms with Crippen molar-refractivity contribution in [1.29, 1.82) is 0 Å². The molecule has 3 N–H and O–H groups in total. The minimum absolute atomic E-state index is 0.0275. The van der Waals surface area contributed by atoms with Crippen molar-refractivity contribution in [2.24, 2.45) is 0 Å². The first-order chi connectivity index (χ1) is 7.08. The summed E-state index contributed by atoms with van der Waals surface area (Å²) in [6, 6.07) is 6.99. The van der Waals surface area contributed by atoms with Crippen LogP contribution in [-0.2, 0) is 0 Å². The lowest BCUT2D eigenvalue weighted by Gasteiger charge is -2.07. The maximum Gasteiger partial charge on any atom is 0.189 e. The van der Waals surface area contributed by atoms with E-state index in [1.165, 1.54) is 0 Å². The van der Waals surface area contributed by atoms with Crippen molar-refractivity contribution >= 4 is 16.6 Å². The molecule has 78 valence electrons. The average Bonchev–Trinajstić information content (AvgIpc) is 2.18. The summed E-state index contributed by atoms with van der Waals surface area (Å²) in [5.74, 6) is 0.319. The molecule has 0 unspecified atom stereocenters. The van der Waals surface area contributed by atoms with Crippen LogP contribution < -0.4 is 11.2 Å². The number of nitrogens with one attached hydrogen (secondary N) is 1. The molecule has 0 aliphatic rings. The number of pyridine rings is 1. The third-order valence-electron chi connectivity index (χ3n) is 2.50. The Hall–Kier alpha value is -1.77. The van der Waals surface area contributed by atoms with Crippen molar-refractivity contribution in [3.05, 3.63) is 40.2 Å². The van der Waals surface area contributed by atoms with Gasteiger partial charge in [0.2, 0.25) is 0 Å². The van der Waals surface area contributed by atoms with E-state index in [9.17, 15) is 4.79 Å². The molecule has 0 aliphatic heterocycles. The normalized spacial score (nSPS) is 11.1. The van der Waals surface area contributed by atoms with Crippen LogP contribution in [0.2, 0.25) is 0 Å². The number of aromatic amines is 1. The van der Waals surface area contributed by atoms with Crippen LogP contribution in [0.1, 0.15) is 25.5 Å². The second-order valence-corrected chi connectivity index (χ2v) is 4.05. The van der Waals surface area contributed by atoms with Gasteiger partial charge >= 0.3 is 0 Å². The lowest BCUT2D eigenvalue weighted by molar-refractivity contribution is 0.828. The Kier molecular flexibility index (Phi) is 2.23. The van der Waals surface area contributed by atoms with E-state index in [1.54, 1.807) is 18.2 Å². The predicted octanol–water partition coefficient (Wildman–Crippen LogP) is 2.23. The first-order valence-electron chi connectivity index (χ1n) is 5.00. The van der Waals surface area contributed by atoms with Gasteiger partial charge in [-0.1, -0.05) is 13.8 Å². The van der Waals surface area contributed by atoms with Gasteiger partial charge in [-0.25, -0.2) is 0 Å². The molecule has 0 fully saturated rings. The molecule has 1 heterocycles. The van der Waals surface area contributed by atoms with Crippen LogP contribution in [0.5, 0.6) is 0 Å². The maximum atomic E-state index is 11.8. The van der Waals surface area contributed by atoms with Crippen molar-refractivity contribution in [2.75, 3.05) is 5.73 Å². The van der Waals surface area contributed by atoms with Crippen molar-refractivity contribution < 1.29 is 0 Å². The molecule has 2 aromatic rings. The summed E-state index contributed by atoms with van der Waals surface area (Å²) < 4.78 is 0. The quantitative estimate of drug-likeness (QED) is 0.697. The van der Waals surface area contributed by atoms with Gasteiger partial charge in [0.05, 0.1) is 0 Å². The van der Waals surface area contributed by atoms with E-state index in [1.807, 2.05) is 6.07 Å². The lowest BCUT2D eigenvalue weighted by atomic mass is 10.1. The summed E-state index contributed by atoms with van der Waals surface area (Å²) in [6.07, 6.45) is 0. The Balaban J connectivity index is 2.79. The fraction of sp³-hybridized carbons (Fsp3) is 0.250. The number of H-pyrrole nitrogens is 1. The molecule has 0 radical (unpaired) electrons. The van der Waals surface area contributed by atoms with E-state index in [4.69, 9.17) is 5.73 Å². The van der Waals surface area contributed by atoms with Crippen LogP contribution in [0.4, 0.5) is 5.69 Å². The number of hydrogen-bond acceptors (Lipinski definition) is 2. The average molecular weight is 202 g/mol. The zero-order valence-electron chi connectivity index (χ0n) is 8.87. The minimum Gasteiger partial charge on any atom is -0.399 e. The topological polar surface area (TPSA) is 58.9 Å². The maximum absolute atomic E-state index is 11.8. The highest BCUT2D eigenvalue weighted by atomic mass is 16.1. The van der Waals surface area contributed by atoms with Gasteiger partial charge < -0.3 is 10.7 Å². The van der Waals surface area contributed by atoms with E-state index < -0.39 is 0 Å². The molecule has 0 bridgehead atoms. The van der Waals surface area contributed by atoms with Gasteiger partial charge in [0.25, 0.3) is 0 Å². The zero-order chi connectivity index (χ0) is 11.0. The standard InChI is InChI=1S/C12H14N2O/c1-7(2)11-6-12(15)9-5-8(13)3-4-10(9)14-11/h3-7H,13H2,1-2H3,(H,14,15). The Bertz CT molecular complexity index is 555. The molecular weight excluding hydrogens is 188 g/mol. The Morgan fingerprint density at radius 3 is 2.67 bits per heavy atom. The molecule has 3 heteroatoms. The van der Waals surface area contributed by atoms with Crippen LogP contribution in [0, 0.1) is 0 Å². The Morgan fingerprint density at radius 1 is 1.27 bits per heavy atom. The second-order valence-electron chi connectivity index (χ2n) is 4.05. The van der Waals surface area contributed by atoms with Crippen LogP contribution in [0.25, 0.3) is 10.9 Å². The van der Waals surface area contributed by atoms with Gasteiger partial charge in [-0.05, 0) is 24.1 Å². The summed E-state index contributed by atoms with van der Waals surface area (Å²) in [6.45, 7) is 4.10. The van der Waals surface area contributed by atoms with Crippen molar-refractivity contribution in [3.8, 4) is 0 Å². The molecule has 0 saturated carbocycles. The number of benzene rings is 1. The first kappa shape index (κ1) is 9.77. The number of fused-ring (bicyclic) bond motifs is 1. The summed E-state index contributed by atoms with van der Waals surface area (Å²) in [4.78, 5) is 15.0. The summed E-state index contributed by atoms with van der Waals surface area (Å²) in [5.41, 5.74) is 8.08. The fourth-order valence-corrected chi connectivity index (χ4v) is 1.60. The SMILES string of the molecule is CC(C)c1cc(=O)c2cc(N)ccc2[nH]1. The number of anilines is 1. The van der Waals surface area contributed by atoms with Gasteiger partial charge in [0.1, 0.15) is 0 Å². The van der Waals surface area contributed by atoms with Crippen LogP contribution in [0.3, 0.4) is 0 Å². The van der Waals surface area contributed by atoms with Crippen molar-refractivity contribution in [1.82, 2.24) is 4.98 Å². The molecule has 2 rings (SSSR count). The van der Waals surface area contributed by atoms with Gasteiger partial charge in [0.15, 0.2) is 5.43 Å². The van der Waals surface area contributed by atoms with E-state index in [0.717, 1.165) is 11.2 Å². The number of nitrogens with two attached hydrogens (primary N) is 1. The number of rotatable bonds is 1. The largest absolute Gasteiger partial charge is 0.399 e. The van der Waals surface area contributed by atoms with Crippen molar-refractivity contribution in [2.45, 2.75) is 19.8 Å². The fourth-order valence-electron chi connectivity index (χ4n) is 1.60. The zero-order valence-corrected chi connectivity index (χ0v) is 8.87. The highest BCUT2D eigenvalue weighted by Gasteiger charge is 2.04. The number of aromatic nitrogens is 1. The highest BCUT2D eigenvalue weighted by Crippen LogP contribution is 2.16.